The van der Waals surface area contributed by atoms with Crippen LogP contribution in [0.2, 0.25) is 0 Å². The lowest BCUT2D eigenvalue weighted by Gasteiger charge is -1.99. The maximum Gasteiger partial charge on any atom is 0.195 e. The summed E-state index contributed by atoms with van der Waals surface area (Å²) < 4.78 is 26.4. The molecule has 2 heterocycles. The third-order valence-electron chi connectivity index (χ3n) is 4.15. The van der Waals surface area contributed by atoms with Gasteiger partial charge in [-0.1, -0.05) is 42.5 Å². The lowest BCUT2D eigenvalue weighted by molar-refractivity contribution is 0.602. The Morgan fingerprint density at radius 3 is 2.54 bits per heavy atom. The molecule has 0 N–H and O–H groups in total. The summed E-state index contributed by atoms with van der Waals surface area (Å²) in [6, 6.07) is 13.7. The minimum Gasteiger partial charge on any atom is -0.290 e. The summed E-state index contributed by atoms with van der Waals surface area (Å²) in [6.45, 7) is 2.14. The second-order valence-corrected chi connectivity index (χ2v) is 8.86. The number of imidazole rings is 1. The van der Waals surface area contributed by atoms with Gasteiger partial charge in [0.1, 0.15) is 0 Å². The second kappa shape index (κ2) is 5.43. The van der Waals surface area contributed by atoms with Crippen LogP contribution < -0.4 is 0 Å². The van der Waals surface area contributed by atoms with Gasteiger partial charge in [-0.05, 0) is 30.2 Å². The number of fused-ring (bicyclic) bond motifs is 3. The lowest BCUT2D eigenvalue weighted by Crippen LogP contribution is -1.96. The first kappa shape index (κ1) is 15.4. The van der Waals surface area contributed by atoms with E-state index in [1.54, 1.807) is 12.1 Å². The molecule has 0 aliphatic heterocycles. The number of aromatic nitrogens is 2. The van der Waals surface area contributed by atoms with E-state index in [0.29, 0.717) is 4.90 Å². The van der Waals surface area contributed by atoms with Gasteiger partial charge in [0, 0.05) is 18.0 Å². The molecule has 6 heteroatoms. The molecule has 4 nitrogen and oxygen atoms in total. The van der Waals surface area contributed by atoms with Gasteiger partial charge >= 0.3 is 0 Å². The van der Waals surface area contributed by atoms with Crippen LogP contribution in [0.3, 0.4) is 0 Å². The molecule has 122 valence electrons. The van der Waals surface area contributed by atoms with Crippen molar-refractivity contribution < 1.29 is 8.42 Å². The summed E-state index contributed by atoms with van der Waals surface area (Å²) in [5, 5.41) is 0. The normalized spacial score (nSPS) is 12.2. The molecule has 0 fully saturated rings. The van der Waals surface area contributed by atoms with Crippen LogP contribution in [-0.4, -0.2) is 24.1 Å². The molecule has 0 amide bonds. The maximum absolute atomic E-state index is 11.7. The lowest BCUT2D eigenvalue weighted by atomic mass is 10.1. The monoisotopic (exact) mass is 356 g/mol. The fourth-order valence-corrected chi connectivity index (χ4v) is 4.53. The highest BCUT2D eigenvalue weighted by molar-refractivity contribution is 7.90. The van der Waals surface area contributed by atoms with Crippen LogP contribution in [0.5, 0.6) is 0 Å². The third-order valence-corrected chi connectivity index (χ3v) is 6.28. The van der Waals surface area contributed by atoms with E-state index in [4.69, 9.17) is 4.98 Å². The van der Waals surface area contributed by atoms with Crippen LogP contribution in [-0.2, 0) is 16.3 Å². The predicted molar refractivity (Wildman–Crippen MR) is 98.5 cm³/mol. The molecule has 24 heavy (non-hydrogen) atoms. The molecular weight excluding hydrogens is 340 g/mol. The number of rotatable bonds is 3. The number of benzene rings is 2. The number of nitrogens with zero attached hydrogens (tertiary/aromatic N) is 2. The van der Waals surface area contributed by atoms with Gasteiger partial charge in [-0.3, -0.25) is 4.40 Å². The highest BCUT2D eigenvalue weighted by Crippen LogP contribution is 2.31. The summed E-state index contributed by atoms with van der Waals surface area (Å²) in [7, 11) is -3.20. The zero-order chi connectivity index (χ0) is 16.9. The van der Waals surface area contributed by atoms with Gasteiger partial charge in [0.2, 0.25) is 0 Å². The molecule has 0 bridgehead atoms. The Labute approximate surface area is 144 Å². The Morgan fingerprint density at radius 1 is 1.12 bits per heavy atom. The molecule has 0 aliphatic carbocycles. The Kier molecular flexibility index (Phi) is 3.47. The molecule has 2 aromatic heterocycles. The average Bonchev–Trinajstić information content (AvgIpc) is 3.11. The molecule has 0 unspecified atom stereocenters. The number of hydrogen-bond donors (Lipinski definition) is 0. The summed E-state index contributed by atoms with van der Waals surface area (Å²) in [6.07, 6.45) is 4.26. The van der Waals surface area contributed by atoms with Gasteiger partial charge < -0.3 is 0 Å². The van der Waals surface area contributed by atoms with Gasteiger partial charge in [-0.2, -0.15) is 0 Å². The zero-order valence-corrected chi connectivity index (χ0v) is 15.0. The Hall–Kier alpha value is -2.18. The van der Waals surface area contributed by atoms with Gasteiger partial charge in [0.15, 0.2) is 14.8 Å². The molecule has 2 aromatic carbocycles. The minimum absolute atomic E-state index is 0.342. The van der Waals surface area contributed by atoms with E-state index in [0.717, 1.165) is 32.9 Å². The van der Waals surface area contributed by atoms with E-state index < -0.39 is 9.84 Å². The first-order valence-electron chi connectivity index (χ1n) is 7.67. The Morgan fingerprint density at radius 2 is 1.88 bits per heavy atom. The van der Waals surface area contributed by atoms with E-state index in [1.807, 2.05) is 16.7 Å². The van der Waals surface area contributed by atoms with Gasteiger partial charge in [-0.25, -0.2) is 13.4 Å². The van der Waals surface area contributed by atoms with Crippen molar-refractivity contribution in [3.05, 3.63) is 54.2 Å². The van der Waals surface area contributed by atoms with Crippen molar-refractivity contribution in [3.63, 3.8) is 0 Å². The number of hydrogen-bond acceptors (Lipinski definition) is 4. The van der Waals surface area contributed by atoms with Crippen molar-refractivity contribution in [3.8, 4) is 11.3 Å². The maximum atomic E-state index is 11.7. The Balaban J connectivity index is 1.84. The third kappa shape index (κ3) is 2.52. The van der Waals surface area contributed by atoms with Crippen molar-refractivity contribution in [1.82, 2.24) is 9.38 Å². The smallest absolute Gasteiger partial charge is 0.195 e. The van der Waals surface area contributed by atoms with Gasteiger partial charge in [0.25, 0.3) is 0 Å². The summed E-state index contributed by atoms with van der Waals surface area (Å²) in [5.74, 6) is 0. The fourth-order valence-electron chi connectivity index (χ4n) is 2.76. The fraction of sp³-hybridized carbons (Fsp3) is 0.167. The predicted octanol–water partition coefficient (Wildman–Crippen LogP) is 4.18. The van der Waals surface area contributed by atoms with E-state index >= 15 is 0 Å². The molecule has 4 aromatic rings. The molecule has 0 spiro atoms. The van der Waals surface area contributed by atoms with Crippen LogP contribution in [0, 0.1) is 0 Å². The van der Waals surface area contributed by atoms with Crippen molar-refractivity contribution in [2.75, 3.05) is 6.26 Å². The minimum atomic E-state index is -3.20. The molecule has 0 radical (unpaired) electrons. The number of thiazole rings is 1. The largest absolute Gasteiger partial charge is 0.290 e. The van der Waals surface area contributed by atoms with Gasteiger partial charge in [-0.15, -0.1) is 0 Å². The van der Waals surface area contributed by atoms with Crippen LogP contribution in [0.4, 0.5) is 0 Å². The molecular formula is C18H16N2O2S2. The number of sulfone groups is 1. The molecule has 4 rings (SSSR count). The SMILES string of the molecule is CCc1ccc(-c2cn3c(n2)sc2cc(S(C)(=O)=O)ccc23)cc1. The van der Waals surface area contributed by atoms with E-state index in [-0.39, 0.29) is 0 Å². The van der Waals surface area contributed by atoms with Gasteiger partial charge in [0.05, 0.1) is 20.8 Å². The van der Waals surface area contributed by atoms with Crippen molar-refractivity contribution in [2.45, 2.75) is 18.2 Å². The standard InChI is InChI=1S/C18H16N2O2S2/c1-3-12-4-6-13(7-5-12)15-11-20-16-9-8-14(24(2,21)22)10-17(16)23-18(20)19-15/h4-11H,3H2,1-2H3. The summed E-state index contributed by atoms with van der Waals surface area (Å²) in [4.78, 5) is 5.91. The topological polar surface area (TPSA) is 51.4 Å². The van der Waals surface area contributed by atoms with Crippen LogP contribution in [0.15, 0.2) is 53.6 Å². The summed E-state index contributed by atoms with van der Waals surface area (Å²) >= 11 is 1.50. The van der Waals surface area contributed by atoms with Crippen LogP contribution >= 0.6 is 11.3 Å². The van der Waals surface area contributed by atoms with Crippen molar-refractivity contribution >= 4 is 36.4 Å². The van der Waals surface area contributed by atoms with Crippen molar-refractivity contribution in [1.29, 1.82) is 0 Å². The first-order valence-corrected chi connectivity index (χ1v) is 10.4. The first-order chi connectivity index (χ1) is 11.5. The van der Waals surface area contributed by atoms with Crippen LogP contribution in [0.25, 0.3) is 26.4 Å². The van der Waals surface area contributed by atoms with E-state index in [2.05, 4.69) is 31.2 Å². The van der Waals surface area contributed by atoms with E-state index in [1.165, 1.54) is 23.2 Å². The summed E-state index contributed by atoms with van der Waals surface area (Å²) in [5.41, 5.74) is 4.30. The van der Waals surface area contributed by atoms with Crippen LogP contribution in [0.1, 0.15) is 12.5 Å². The quantitative estimate of drug-likeness (QED) is 0.553. The molecule has 0 aliphatic rings. The zero-order valence-electron chi connectivity index (χ0n) is 13.4. The second-order valence-electron chi connectivity index (χ2n) is 5.83. The average molecular weight is 356 g/mol. The van der Waals surface area contributed by atoms with Crippen molar-refractivity contribution in [2.24, 2.45) is 0 Å². The van der Waals surface area contributed by atoms with E-state index in [9.17, 15) is 8.42 Å². The Bertz CT molecular complexity index is 1150. The highest BCUT2D eigenvalue weighted by atomic mass is 32.2. The molecule has 0 saturated heterocycles. The highest BCUT2D eigenvalue weighted by Gasteiger charge is 2.13. The molecule has 0 saturated carbocycles. The molecule has 0 atom stereocenters. The number of aryl methyl sites for hydroxylation is 1.